The second kappa shape index (κ2) is 9.66. The van der Waals surface area contributed by atoms with Gasteiger partial charge in [-0.3, -0.25) is 4.98 Å². The van der Waals surface area contributed by atoms with E-state index in [9.17, 15) is 4.39 Å². The van der Waals surface area contributed by atoms with Crippen LogP contribution in [0.3, 0.4) is 0 Å². The number of rotatable bonds is 9. The Hall–Kier alpha value is -2.42. The molecule has 2 rings (SSSR count). The molecule has 0 fully saturated rings. The normalized spacial score (nSPS) is 12.2. The molecule has 1 atom stereocenters. The van der Waals surface area contributed by atoms with Crippen LogP contribution in [-0.4, -0.2) is 17.8 Å². The van der Waals surface area contributed by atoms with Crippen molar-refractivity contribution in [2.45, 2.75) is 32.4 Å². The third-order valence-corrected chi connectivity index (χ3v) is 3.59. The van der Waals surface area contributed by atoms with Crippen LogP contribution in [0, 0.1) is 0 Å². The van der Waals surface area contributed by atoms with Crippen LogP contribution in [0.1, 0.15) is 31.7 Å². The van der Waals surface area contributed by atoms with Gasteiger partial charge in [-0.1, -0.05) is 30.9 Å². The average molecular weight is 325 g/mol. The Bertz CT molecular complexity index is 645. The minimum atomic E-state index is -0.715. The molecular weight excluding hydrogens is 301 g/mol. The van der Waals surface area contributed by atoms with Crippen LogP contribution in [-0.2, 0) is 0 Å². The van der Waals surface area contributed by atoms with Gasteiger partial charge in [0.2, 0.25) is 0 Å². The highest BCUT2D eigenvalue weighted by atomic mass is 19.1. The lowest BCUT2D eigenvalue weighted by Crippen LogP contribution is -1.92. The number of nitrogens with zero attached hydrogens (tertiary/aromatic N) is 1. The number of unbranched alkanes of at least 4 members (excludes halogenated alkanes) is 1. The summed E-state index contributed by atoms with van der Waals surface area (Å²) in [4.78, 5) is 4.50. The van der Waals surface area contributed by atoms with Crippen LogP contribution in [0.5, 0.6) is 5.75 Å². The van der Waals surface area contributed by atoms with E-state index >= 15 is 0 Å². The minimum Gasteiger partial charge on any atom is -0.490 e. The molecule has 0 aliphatic heterocycles. The highest BCUT2D eigenvalue weighted by Crippen LogP contribution is 2.21. The van der Waals surface area contributed by atoms with E-state index in [1.54, 1.807) is 13.0 Å². The molecule has 0 aliphatic rings. The minimum absolute atomic E-state index is 0.503. The molecule has 0 saturated heterocycles. The highest BCUT2D eigenvalue weighted by molar-refractivity contribution is 5.61. The molecule has 1 aromatic heterocycles. The number of ether oxygens (including phenoxy) is 1. The van der Waals surface area contributed by atoms with Gasteiger partial charge in [-0.25, -0.2) is 4.39 Å². The summed E-state index contributed by atoms with van der Waals surface area (Å²) in [5, 5.41) is 0. The van der Waals surface area contributed by atoms with Crippen molar-refractivity contribution in [2.24, 2.45) is 0 Å². The van der Waals surface area contributed by atoms with Crippen LogP contribution < -0.4 is 4.74 Å². The van der Waals surface area contributed by atoms with Gasteiger partial charge in [0.1, 0.15) is 12.4 Å². The van der Waals surface area contributed by atoms with Gasteiger partial charge in [-0.05, 0) is 62.1 Å². The zero-order valence-corrected chi connectivity index (χ0v) is 14.1. The summed E-state index contributed by atoms with van der Waals surface area (Å²) in [5.74, 6) is 0.820. The van der Waals surface area contributed by atoms with E-state index in [1.807, 2.05) is 48.7 Å². The fraction of sp³-hybridized carbons (Fsp3) is 0.286. The Morgan fingerprint density at radius 1 is 1.21 bits per heavy atom. The lowest BCUT2D eigenvalue weighted by molar-refractivity contribution is 0.335. The summed E-state index contributed by atoms with van der Waals surface area (Å²) in [6.07, 6.45) is 9.35. The smallest absolute Gasteiger partial charge is 0.119 e. The molecule has 1 aromatic carbocycles. The van der Waals surface area contributed by atoms with E-state index in [4.69, 9.17) is 4.74 Å². The highest BCUT2D eigenvalue weighted by Gasteiger charge is 2.00. The average Bonchev–Trinajstić information content (AvgIpc) is 2.60. The van der Waals surface area contributed by atoms with Crippen molar-refractivity contribution in [3.8, 4) is 17.0 Å². The van der Waals surface area contributed by atoms with Gasteiger partial charge >= 0.3 is 0 Å². The largest absolute Gasteiger partial charge is 0.490 e. The molecule has 0 amide bonds. The van der Waals surface area contributed by atoms with E-state index < -0.39 is 6.17 Å². The maximum absolute atomic E-state index is 12.7. The summed E-state index contributed by atoms with van der Waals surface area (Å²) in [6.45, 7) is 5.74. The van der Waals surface area contributed by atoms with Crippen molar-refractivity contribution in [2.75, 3.05) is 6.61 Å². The molecule has 2 aromatic rings. The van der Waals surface area contributed by atoms with Gasteiger partial charge in [-0.2, -0.15) is 0 Å². The number of alkyl halides is 1. The molecule has 0 N–H and O–H groups in total. The van der Waals surface area contributed by atoms with E-state index in [2.05, 4.69) is 17.6 Å². The summed E-state index contributed by atoms with van der Waals surface area (Å²) >= 11 is 0. The van der Waals surface area contributed by atoms with Crippen molar-refractivity contribution in [1.29, 1.82) is 0 Å². The van der Waals surface area contributed by atoms with E-state index in [0.29, 0.717) is 13.0 Å². The van der Waals surface area contributed by atoms with Crippen LogP contribution in [0.4, 0.5) is 4.39 Å². The lowest BCUT2D eigenvalue weighted by atomic mass is 10.1. The quantitative estimate of drug-likeness (QED) is 0.426. The summed E-state index contributed by atoms with van der Waals surface area (Å²) in [6, 6.07) is 11.9. The first kappa shape index (κ1) is 17.9. The lowest BCUT2D eigenvalue weighted by Gasteiger charge is -2.05. The van der Waals surface area contributed by atoms with Crippen LogP contribution in [0.2, 0.25) is 0 Å². The summed E-state index contributed by atoms with van der Waals surface area (Å²) in [7, 11) is 0. The second-order valence-electron chi connectivity index (χ2n) is 5.71. The summed E-state index contributed by atoms with van der Waals surface area (Å²) in [5.41, 5.74) is 3.03. The fourth-order valence-corrected chi connectivity index (χ4v) is 2.29. The first-order valence-corrected chi connectivity index (χ1v) is 8.30. The molecule has 1 unspecified atom stereocenters. The van der Waals surface area contributed by atoms with Gasteiger partial charge in [0, 0.05) is 11.8 Å². The van der Waals surface area contributed by atoms with Crippen molar-refractivity contribution in [3.05, 3.63) is 66.9 Å². The molecule has 0 saturated carbocycles. The Morgan fingerprint density at radius 3 is 2.62 bits per heavy atom. The topological polar surface area (TPSA) is 22.1 Å². The number of pyridine rings is 1. The van der Waals surface area contributed by atoms with E-state index in [0.717, 1.165) is 35.4 Å². The molecule has 0 radical (unpaired) electrons. The molecular formula is C21H24FNO. The van der Waals surface area contributed by atoms with Gasteiger partial charge in [0.15, 0.2) is 0 Å². The Balaban J connectivity index is 1.91. The summed E-state index contributed by atoms with van der Waals surface area (Å²) < 4.78 is 18.2. The Labute approximate surface area is 143 Å². The molecule has 2 nitrogen and oxygen atoms in total. The zero-order chi connectivity index (χ0) is 17.2. The first-order valence-electron chi connectivity index (χ1n) is 8.30. The van der Waals surface area contributed by atoms with Gasteiger partial charge < -0.3 is 4.74 Å². The molecule has 126 valence electrons. The zero-order valence-electron chi connectivity index (χ0n) is 14.1. The monoisotopic (exact) mass is 325 g/mol. The number of halogens is 1. The second-order valence-corrected chi connectivity index (χ2v) is 5.71. The number of allylic oxidation sites excluding steroid dienone is 1. The molecule has 1 heterocycles. The number of benzene rings is 1. The standard InChI is InChI=1S/C21H24FNO/c1-3-15-24-20-12-10-19(11-13-20)21-14-9-18(16-23-21)8-6-4-5-7-17(2)22/h3,6,8-14,16-17H,1,4-5,7,15H2,2H3/b8-6+. The van der Waals surface area contributed by atoms with Crippen LogP contribution in [0.15, 0.2) is 61.3 Å². The number of hydrogen-bond acceptors (Lipinski definition) is 2. The van der Waals surface area contributed by atoms with Crippen molar-refractivity contribution >= 4 is 6.08 Å². The first-order chi connectivity index (χ1) is 11.7. The van der Waals surface area contributed by atoms with E-state index in [-0.39, 0.29) is 0 Å². The third kappa shape index (κ3) is 5.99. The van der Waals surface area contributed by atoms with Crippen molar-refractivity contribution < 1.29 is 9.13 Å². The predicted molar refractivity (Wildman–Crippen MR) is 98.8 cm³/mol. The van der Waals surface area contributed by atoms with Crippen molar-refractivity contribution in [3.63, 3.8) is 0 Å². The number of aromatic nitrogens is 1. The fourth-order valence-electron chi connectivity index (χ4n) is 2.29. The predicted octanol–water partition coefficient (Wildman–Crippen LogP) is 5.85. The van der Waals surface area contributed by atoms with Crippen LogP contribution >= 0.6 is 0 Å². The maximum atomic E-state index is 12.7. The third-order valence-electron chi connectivity index (χ3n) is 3.59. The van der Waals surface area contributed by atoms with Crippen LogP contribution in [0.25, 0.3) is 17.3 Å². The molecule has 24 heavy (non-hydrogen) atoms. The van der Waals surface area contributed by atoms with Gasteiger partial charge in [-0.15, -0.1) is 0 Å². The number of hydrogen-bond donors (Lipinski definition) is 0. The molecule has 0 aliphatic carbocycles. The van der Waals surface area contributed by atoms with Gasteiger partial charge in [0.25, 0.3) is 0 Å². The SMILES string of the molecule is C=CCOc1ccc(-c2ccc(/C=C/CCCC(C)F)cn2)cc1. The molecule has 3 heteroatoms. The van der Waals surface area contributed by atoms with Gasteiger partial charge in [0.05, 0.1) is 11.9 Å². The molecule has 0 bridgehead atoms. The van der Waals surface area contributed by atoms with Crippen molar-refractivity contribution in [1.82, 2.24) is 4.98 Å². The maximum Gasteiger partial charge on any atom is 0.119 e. The Morgan fingerprint density at radius 2 is 2.00 bits per heavy atom. The molecule has 0 spiro atoms. The van der Waals surface area contributed by atoms with E-state index in [1.165, 1.54) is 0 Å². The Kier molecular flexibility index (Phi) is 7.21.